The van der Waals surface area contributed by atoms with Crippen molar-refractivity contribution in [2.45, 2.75) is 58.3 Å². The van der Waals surface area contributed by atoms with E-state index in [1.165, 1.54) is 0 Å². The monoisotopic (exact) mass is 343 g/mol. The summed E-state index contributed by atoms with van der Waals surface area (Å²) in [5, 5.41) is 1.09. The van der Waals surface area contributed by atoms with E-state index in [4.69, 9.17) is 14.3 Å². The van der Waals surface area contributed by atoms with Crippen LogP contribution in [0.15, 0.2) is 0 Å². The minimum absolute atomic E-state index is 0.00346. The topological polar surface area (TPSA) is 106 Å². The highest BCUT2D eigenvalue weighted by Gasteiger charge is 2.36. The van der Waals surface area contributed by atoms with Crippen molar-refractivity contribution in [2.75, 3.05) is 13.2 Å². The molecule has 9 heteroatoms. The molecule has 0 spiro atoms. The van der Waals surface area contributed by atoms with E-state index in [2.05, 4.69) is 10.9 Å². The lowest BCUT2D eigenvalue weighted by Gasteiger charge is -2.24. The molecule has 3 amide bonds. The first-order chi connectivity index (χ1) is 11.2. The van der Waals surface area contributed by atoms with E-state index in [0.717, 1.165) is 24.3 Å². The predicted molar refractivity (Wildman–Crippen MR) is 82.0 cm³/mol. The van der Waals surface area contributed by atoms with E-state index >= 15 is 0 Å². The fraction of sp³-hybridized carbons (Fsp3) is 0.800. The number of ether oxygens (including phenoxy) is 2. The van der Waals surface area contributed by atoms with Gasteiger partial charge < -0.3 is 9.47 Å². The normalized spacial score (nSPS) is 24.6. The van der Waals surface area contributed by atoms with Gasteiger partial charge in [0.05, 0.1) is 12.5 Å². The molecule has 0 aromatic rings. The van der Waals surface area contributed by atoms with Gasteiger partial charge in [-0.05, 0) is 33.6 Å². The molecule has 2 saturated heterocycles. The number of hydroxylamine groups is 1. The van der Waals surface area contributed by atoms with Crippen LogP contribution in [0, 0.1) is 5.92 Å². The summed E-state index contributed by atoms with van der Waals surface area (Å²) in [4.78, 5) is 40.9. The lowest BCUT2D eigenvalue weighted by Crippen LogP contribution is -2.46. The highest BCUT2D eigenvalue weighted by atomic mass is 16.8. The Balaban J connectivity index is 1.76. The zero-order valence-electron chi connectivity index (χ0n) is 14.3. The summed E-state index contributed by atoms with van der Waals surface area (Å²) >= 11 is 0. The zero-order chi connectivity index (χ0) is 17.7. The Kier molecular flexibility index (Phi) is 6.00. The molecule has 24 heavy (non-hydrogen) atoms. The number of nitrogens with one attached hydrogen (secondary N) is 2. The summed E-state index contributed by atoms with van der Waals surface area (Å²) in [6.45, 7) is 5.84. The van der Waals surface area contributed by atoms with Crippen molar-refractivity contribution in [3.63, 3.8) is 0 Å². The van der Waals surface area contributed by atoms with E-state index in [0.29, 0.717) is 6.61 Å². The van der Waals surface area contributed by atoms with Crippen molar-refractivity contribution in [3.8, 4) is 0 Å². The second kappa shape index (κ2) is 7.80. The summed E-state index contributed by atoms with van der Waals surface area (Å²) in [5.41, 5.74) is 4.02. The Labute approximate surface area is 140 Å². The molecule has 2 heterocycles. The SMILES string of the molecule is CC(C)(C)OC(=O)NN1C[C@H](C(=O)NO[C@H]2CCCCO2)CC1=O. The minimum Gasteiger partial charge on any atom is -0.443 e. The molecule has 9 nitrogen and oxygen atoms in total. The van der Waals surface area contributed by atoms with E-state index in [1.807, 2.05) is 0 Å². The lowest BCUT2D eigenvalue weighted by atomic mass is 10.1. The molecule has 136 valence electrons. The van der Waals surface area contributed by atoms with Gasteiger partial charge in [-0.2, -0.15) is 0 Å². The standard InChI is InChI=1S/C15H25N3O6/c1-15(2,3)23-14(21)16-18-9-10(8-11(18)19)13(20)17-24-12-6-4-5-7-22-12/h10,12H,4-9H2,1-3H3,(H,16,21)(H,17,20)/t10-,12+/m1/s1. The molecule has 0 saturated carbocycles. The number of amides is 3. The quantitative estimate of drug-likeness (QED) is 0.733. The van der Waals surface area contributed by atoms with E-state index in [-0.39, 0.29) is 18.9 Å². The minimum atomic E-state index is -0.733. The fourth-order valence-corrected chi connectivity index (χ4v) is 2.41. The van der Waals surface area contributed by atoms with Gasteiger partial charge in [-0.15, -0.1) is 0 Å². The van der Waals surface area contributed by atoms with Gasteiger partial charge in [-0.25, -0.2) is 20.5 Å². The van der Waals surface area contributed by atoms with Gasteiger partial charge >= 0.3 is 6.09 Å². The maximum Gasteiger partial charge on any atom is 0.426 e. The smallest absolute Gasteiger partial charge is 0.426 e. The Bertz CT molecular complexity index is 484. The largest absolute Gasteiger partial charge is 0.443 e. The van der Waals surface area contributed by atoms with E-state index < -0.39 is 29.8 Å². The van der Waals surface area contributed by atoms with Crippen LogP contribution in [0.1, 0.15) is 46.5 Å². The molecule has 2 aliphatic rings. The third-order valence-corrected chi connectivity index (χ3v) is 3.55. The van der Waals surface area contributed by atoms with Gasteiger partial charge in [-0.1, -0.05) is 0 Å². The van der Waals surface area contributed by atoms with Gasteiger partial charge in [0.2, 0.25) is 11.8 Å². The summed E-state index contributed by atoms with van der Waals surface area (Å²) in [6, 6.07) is 0. The second-order valence-electron chi connectivity index (χ2n) is 6.90. The molecule has 0 radical (unpaired) electrons. The Morgan fingerprint density at radius 1 is 1.29 bits per heavy atom. The second-order valence-corrected chi connectivity index (χ2v) is 6.90. The van der Waals surface area contributed by atoms with Crippen LogP contribution in [0.4, 0.5) is 4.79 Å². The molecule has 0 aromatic heterocycles. The third-order valence-electron chi connectivity index (χ3n) is 3.55. The number of carbonyl (C=O) groups excluding carboxylic acids is 3. The van der Waals surface area contributed by atoms with Gasteiger partial charge in [-0.3, -0.25) is 14.6 Å². The summed E-state index contributed by atoms with van der Waals surface area (Å²) < 4.78 is 10.4. The highest BCUT2D eigenvalue weighted by molar-refractivity contribution is 5.89. The predicted octanol–water partition coefficient (Wildman–Crippen LogP) is 0.849. The molecule has 2 atom stereocenters. The molecule has 2 fully saturated rings. The third kappa shape index (κ3) is 5.64. The molecule has 0 aliphatic carbocycles. The first-order valence-electron chi connectivity index (χ1n) is 8.12. The number of nitrogens with zero attached hydrogens (tertiary/aromatic N) is 1. The van der Waals surface area contributed by atoms with Gasteiger partial charge in [0.15, 0.2) is 6.29 Å². The van der Waals surface area contributed by atoms with Crippen LogP contribution in [0.25, 0.3) is 0 Å². The number of hydrogen-bond donors (Lipinski definition) is 2. The highest BCUT2D eigenvalue weighted by Crippen LogP contribution is 2.18. The maximum absolute atomic E-state index is 12.1. The molecule has 0 bridgehead atoms. The molecular weight excluding hydrogens is 318 g/mol. The van der Waals surface area contributed by atoms with Gasteiger partial charge in [0, 0.05) is 19.4 Å². The summed E-state index contributed by atoms with van der Waals surface area (Å²) in [5.74, 6) is -1.36. The first-order valence-corrected chi connectivity index (χ1v) is 8.12. The summed E-state index contributed by atoms with van der Waals surface area (Å²) in [6.07, 6.45) is 1.50. The van der Waals surface area contributed by atoms with Crippen LogP contribution in [0.2, 0.25) is 0 Å². The van der Waals surface area contributed by atoms with Crippen LogP contribution in [0.5, 0.6) is 0 Å². The van der Waals surface area contributed by atoms with E-state index in [9.17, 15) is 14.4 Å². The molecule has 2 rings (SSSR count). The number of carbonyl (C=O) groups is 3. The Hall–Kier alpha value is -1.87. The van der Waals surface area contributed by atoms with Crippen LogP contribution < -0.4 is 10.9 Å². The van der Waals surface area contributed by atoms with E-state index in [1.54, 1.807) is 20.8 Å². The Morgan fingerprint density at radius 2 is 2.04 bits per heavy atom. The molecule has 0 unspecified atom stereocenters. The van der Waals surface area contributed by atoms with Crippen LogP contribution in [-0.2, 0) is 23.9 Å². The van der Waals surface area contributed by atoms with Gasteiger partial charge in [0.25, 0.3) is 0 Å². The Morgan fingerprint density at radius 3 is 2.67 bits per heavy atom. The van der Waals surface area contributed by atoms with Crippen molar-refractivity contribution in [1.29, 1.82) is 0 Å². The van der Waals surface area contributed by atoms with Crippen molar-refractivity contribution in [3.05, 3.63) is 0 Å². The van der Waals surface area contributed by atoms with Crippen LogP contribution >= 0.6 is 0 Å². The lowest BCUT2D eigenvalue weighted by molar-refractivity contribution is -0.202. The average molecular weight is 343 g/mol. The van der Waals surface area contributed by atoms with Crippen molar-refractivity contribution >= 4 is 17.9 Å². The van der Waals surface area contributed by atoms with Crippen molar-refractivity contribution < 1.29 is 28.7 Å². The zero-order valence-corrected chi connectivity index (χ0v) is 14.3. The summed E-state index contributed by atoms with van der Waals surface area (Å²) in [7, 11) is 0. The average Bonchev–Trinajstić information content (AvgIpc) is 2.85. The molecule has 0 aromatic carbocycles. The van der Waals surface area contributed by atoms with Crippen molar-refractivity contribution in [1.82, 2.24) is 15.9 Å². The molecule has 2 N–H and O–H groups in total. The van der Waals surface area contributed by atoms with Crippen LogP contribution in [-0.4, -0.2) is 48.0 Å². The molecular formula is C15H25N3O6. The molecule has 2 aliphatic heterocycles. The number of hydrazine groups is 1. The number of hydrogen-bond acceptors (Lipinski definition) is 6. The maximum atomic E-state index is 12.1. The first kappa shape index (κ1) is 18.5. The van der Waals surface area contributed by atoms with Crippen molar-refractivity contribution in [2.24, 2.45) is 5.92 Å². The van der Waals surface area contributed by atoms with Gasteiger partial charge in [0.1, 0.15) is 5.60 Å². The van der Waals surface area contributed by atoms with Crippen LogP contribution in [0.3, 0.4) is 0 Å². The fourth-order valence-electron chi connectivity index (χ4n) is 2.41. The number of rotatable bonds is 4.